The third-order valence-corrected chi connectivity index (χ3v) is 4.58. The molecule has 1 aliphatic heterocycles. The highest BCUT2D eigenvalue weighted by atomic mass is 16.2. The van der Waals surface area contributed by atoms with E-state index < -0.39 is 11.8 Å². The lowest BCUT2D eigenvalue weighted by Crippen LogP contribution is -2.43. The summed E-state index contributed by atoms with van der Waals surface area (Å²) in [5.41, 5.74) is 1.21. The number of hydrogen-bond acceptors (Lipinski definition) is 6. The number of nitrogens with one attached hydrogen (secondary N) is 2. The molecule has 9 heteroatoms. The molecule has 0 spiro atoms. The molecule has 2 amide bonds. The number of rotatable bonds is 5. The number of aromatic nitrogens is 4. The molecule has 2 aromatic rings. The molecule has 1 aliphatic rings. The Bertz CT molecular complexity index is 789. The minimum absolute atomic E-state index is 0.308. The van der Waals surface area contributed by atoms with Gasteiger partial charge in [-0.25, -0.2) is 0 Å². The van der Waals surface area contributed by atoms with Crippen LogP contribution in [0.15, 0.2) is 24.3 Å². The molecule has 0 radical (unpaired) electrons. The van der Waals surface area contributed by atoms with Crippen molar-refractivity contribution in [1.29, 1.82) is 0 Å². The Balaban J connectivity index is 1.57. The lowest BCUT2D eigenvalue weighted by Gasteiger charge is -2.22. The number of amides is 2. The predicted molar refractivity (Wildman–Crippen MR) is 95.8 cm³/mol. The van der Waals surface area contributed by atoms with Crippen molar-refractivity contribution < 1.29 is 9.59 Å². The summed E-state index contributed by atoms with van der Waals surface area (Å²) in [4.78, 5) is 26.6. The van der Waals surface area contributed by atoms with E-state index in [4.69, 9.17) is 0 Å². The number of carbonyl (C=O) groups is 2. The zero-order valence-electron chi connectivity index (χ0n) is 15.0. The maximum absolute atomic E-state index is 12.1. The molecule has 0 unspecified atom stereocenters. The summed E-state index contributed by atoms with van der Waals surface area (Å²) in [6.45, 7) is 6.38. The second-order valence-corrected chi connectivity index (χ2v) is 6.28. The van der Waals surface area contributed by atoms with Crippen LogP contribution in [0, 0.1) is 6.92 Å². The van der Waals surface area contributed by atoms with Gasteiger partial charge in [0.05, 0.1) is 5.69 Å². The fraction of sp³-hybridized carbons (Fsp3) is 0.471. The molecule has 2 N–H and O–H groups in total. The zero-order valence-corrected chi connectivity index (χ0v) is 15.0. The largest absolute Gasteiger partial charge is 0.346 e. The fourth-order valence-corrected chi connectivity index (χ4v) is 3.21. The number of benzene rings is 1. The summed E-state index contributed by atoms with van der Waals surface area (Å²) in [6.07, 6.45) is 2.17. The second kappa shape index (κ2) is 8.05. The van der Waals surface area contributed by atoms with E-state index in [9.17, 15) is 9.59 Å². The van der Waals surface area contributed by atoms with Gasteiger partial charge in [0.25, 0.3) is 0 Å². The Kier molecular flexibility index (Phi) is 5.57. The van der Waals surface area contributed by atoms with Crippen LogP contribution in [-0.2, 0) is 9.59 Å². The summed E-state index contributed by atoms with van der Waals surface area (Å²) in [7, 11) is 0. The van der Waals surface area contributed by atoms with Crippen LogP contribution in [0.1, 0.15) is 25.6 Å². The average Bonchev–Trinajstić information content (AvgIpc) is 3.28. The van der Waals surface area contributed by atoms with Gasteiger partial charge in [-0.15, -0.1) is 5.10 Å². The van der Waals surface area contributed by atoms with Crippen LogP contribution in [0.4, 0.5) is 5.69 Å². The first-order valence-electron chi connectivity index (χ1n) is 8.77. The van der Waals surface area contributed by atoms with Crippen molar-refractivity contribution in [3.63, 3.8) is 0 Å². The van der Waals surface area contributed by atoms with Crippen LogP contribution < -0.4 is 10.6 Å². The highest BCUT2D eigenvalue weighted by Gasteiger charge is 2.24. The molecular weight excluding hydrogens is 334 g/mol. The van der Waals surface area contributed by atoms with Crippen LogP contribution in [0.2, 0.25) is 0 Å². The molecular formula is C17H23N7O2. The quantitative estimate of drug-likeness (QED) is 0.756. The number of likely N-dealkylation sites (tertiary alicyclic amines) is 1. The number of tetrazole rings is 1. The molecule has 1 saturated heterocycles. The van der Waals surface area contributed by atoms with Gasteiger partial charge in [-0.2, -0.15) is 4.68 Å². The monoisotopic (exact) mass is 357 g/mol. The maximum atomic E-state index is 12.1. The van der Waals surface area contributed by atoms with Gasteiger partial charge in [0.2, 0.25) is 0 Å². The van der Waals surface area contributed by atoms with Crippen molar-refractivity contribution in [2.45, 2.75) is 32.7 Å². The van der Waals surface area contributed by atoms with E-state index in [1.807, 2.05) is 6.07 Å². The Morgan fingerprint density at radius 2 is 2.15 bits per heavy atom. The van der Waals surface area contributed by atoms with E-state index in [1.165, 1.54) is 0 Å². The van der Waals surface area contributed by atoms with Crippen molar-refractivity contribution >= 4 is 17.5 Å². The van der Waals surface area contributed by atoms with Gasteiger partial charge >= 0.3 is 11.8 Å². The maximum Gasteiger partial charge on any atom is 0.313 e. The highest BCUT2D eigenvalue weighted by molar-refractivity contribution is 6.39. The summed E-state index contributed by atoms with van der Waals surface area (Å²) < 4.78 is 1.55. The van der Waals surface area contributed by atoms with E-state index in [-0.39, 0.29) is 0 Å². The fourth-order valence-electron chi connectivity index (χ4n) is 3.21. The first kappa shape index (κ1) is 18.0. The smallest absolute Gasteiger partial charge is 0.313 e. The molecule has 0 bridgehead atoms. The Morgan fingerprint density at radius 3 is 2.88 bits per heavy atom. The number of hydrogen-bond donors (Lipinski definition) is 2. The SMILES string of the molecule is CCN1CCC[C@H]1CNC(=O)C(=O)Nc1cccc(-n2nnnc2C)c1. The molecule has 2 heterocycles. The van der Waals surface area contributed by atoms with Crippen LogP contribution in [0.5, 0.6) is 0 Å². The number of aryl methyl sites for hydroxylation is 1. The first-order chi connectivity index (χ1) is 12.6. The van der Waals surface area contributed by atoms with Gasteiger partial charge in [-0.05, 0) is 61.5 Å². The summed E-state index contributed by atoms with van der Waals surface area (Å²) in [5.74, 6) is -0.683. The minimum atomic E-state index is -0.684. The molecule has 1 aromatic heterocycles. The lowest BCUT2D eigenvalue weighted by molar-refractivity contribution is -0.136. The predicted octanol–water partition coefficient (Wildman–Crippen LogP) is 0.510. The summed E-state index contributed by atoms with van der Waals surface area (Å²) in [6, 6.07) is 7.32. The lowest BCUT2D eigenvalue weighted by atomic mass is 10.2. The molecule has 1 atom stereocenters. The van der Waals surface area contributed by atoms with Crippen LogP contribution in [0.25, 0.3) is 5.69 Å². The van der Waals surface area contributed by atoms with E-state index in [2.05, 4.69) is 38.0 Å². The van der Waals surface area contributed by atoms with Crippen LogP contribution >= 0.6 is 0 Å². The van der Waals surface area contributed by atoms with Crippen molar-refractivity contribution in [2.24, 2.45) is 0 Å². The molecule has 26 heavy (non-hydrogen) atoms. The molecule has 0 saturated carbocycles. The van der Waals surface area contributed by atoms with Gasteiger partial charge in [-0.3, -0.25) is 14.5 Å². The normalized spacial score (nSPS) is 17.2. The number of nitrogens with zero attached hydrogens (tertiary/aromatic N) is 5. The van der Waals surface area contributed by atoms with E-state index in [0.717, 1.165) is 25.9 Å². The standard InChI is InChI=1S/C17H23N7O2/c1-3-23-9-5-8-15(23)11-18-16(25)17(26)19-13-6-4-7-14(10-13)24-12(2)20-21-22-24/h4,6-7,10,15H,3,5,8-9,11H2,1-2H3,(H,18,25)(H,19,26)/t15-/m0/s1. The second-order valence-electron chi connectivity index (χ2n) is 6.28. The Hall–Kier alpha value is -2.81. The van der Waals surface area contributed by atoms with E-state index in [1.54, 1.807) is 29.8 Å². The topological polar surface area (TPSA) is 105 Å². The molecule has 9 nitrogen and oxygen atoms in total. The molecule has 138 valence electrons. The molecule has 0 aliphatic carbocycles. The van der Waals surface area contributed by atoms with Crippen molar-refractivity contribution in [3.05, 3.63) is 30.1 Å². The number of anilines is 1. The van der Waals surface area contributed by atoms with Crippen molar-refractivity contribution in [3.8, 4) is 5.69 Å². The molecule has 1 fully saturated rings. The van der Waals surface area contributed by atoms with Crippen LogP contribution in [-0.4, -0.2) is 62.6 Å². The molecule has 1 aromatic carbocycles. The van der Waals surface area contributed by atoms with Gasteiger partial charge in [0.15, 0.2) is 5.82 Å². The van der Waals surface area contributed by atoms with Crippen molar-refractivity contribution in [2.75, 3.05) is 25.0 Å². The van der Waals surface area contributed by atoms with E-state index >= 15 is 0 Å². The van der Waals surface area contributed by atoms with Gasteiger partial charge in [-0.1, -0.05) is 13.0 Å². The number of carbonyl (C=O) groups excluding carboxylic acids is 2. The van der Waals surface area contributed by atoms with Crippen LogP contribution in [0.3, 0.4) is 0 Å². The Morgan fingerprint density at radius 1 is 1.31 bits per heavy atom. The minimum Gasteiger partial charge on any atom is -0.346 e. The van der Waals surface area contributed by atoms with Crippen molar-refractivity contribution in [1.82, 2.24) is 30.4 Å². The zero-order chi connectivity index (χ0) is 18.5. The highest BCUT2D eigenvalue weighted by Crippen LogP contribution is 2.16. The van der Waals surface area contributed by atoms with Gasteiger partial charge in [0, 0.05) is 18.3 Å². The first-order valence-corrected chi connectivity index (χ1v) is 8.77. The third-order valence-electron chi connectivity index (χ3n) is 4.58. The van der Waals surface area contributed by atoms with E-state index in [0.29, 0.717) is 29.8 Å². The summed E-state index contributed by atoms with van der Waals surface area (Å²) in [5, 5.41) is 16.7. The Labute approximate surface area is 151 Å². The van der Waals surface area contributed by atoms with Gasteiger partial charge in [0.1, 0.15) is 0 Å². The number of likely N-dealkylation sites (N-methyl/N-ethyl adjacent to an activating group) is 1. The average molecular weight is 357 g/mol. The summed E-state index contributed by atoms with van der Waals surface area (Å²) >= 11 is 0. The molecule has 3 rings (SSSR count). The third kappa shape index (κ3) is 4.05. The van der Waals surface area contributed by atoms with Gasteiger partial charge < -0.3 is 10.6 Å².